The van der Waals surface area contributed by atoms with Crippen LogP contribution in [0.1, 0.15) is 6.92 Å². The maximum absolute atomic E-state index is 11.7. The van der Waals surface area contributed by atoms with Crippen LogP contribution in [0.4, 0.5) is 5.69 Å². The Kier molecular flexibility index (Phi) is 3.41. The minimum Gasteiger partial charge on any atom is -0.494 e. The zero-order valence-corrected chi connectivity index (χ0v) is 9.40. The molecule has 4 nitrogen and oxygen atoms in total. The normalized spacial score (nSPS) is 16.3. The van der Waals surface area contributed by atoms with Crippen LogP contribution in [0.3, 0.4) is 0 Å². The number of hydrogen-bond acceptors (Lipinski definition) is 3. The van der Waals surface area contributed by atoms with Crippen molar-refractivity contribution < 1.29 is 9.53 Å². The van der Waals surface area contributed by atoms with Crippen molar-refractivity contribution in [3.8, 4) is 5.75 Å². The fraction of sp³-hybridized carbons (Fsp3) is 0.417. The third-order valence-electron chi connectivity index (χ3n) is 2.53. The molecule has 0 atom stereocenters. The number of ether oxygens (including phenoxy) is 1. The average molecular weight is 220 g/mol. The lowest BCUT2D eigenvalue weighted by Gasteiger charge is -2.27. The van der Waals surface area contributed by atoms with Gasteiger partial charge in [0.15, 0.2) is 0 Å². The van der Waals surface area contributed by atoms with Crippen LogP contribution in [0.2, 0.25) is 0 Å². The highest BCUT2D eigenvalue weighted by molar-refractivity contribution is 5.95. The molecule has 16 heavy (non-hydrogen) atoms. The van der Waals surface area contributed by atoms with Crippen LogP contribution >= 0.6 is 0 Å². The fourth-order valence-electron chi connectivity index (χ4n) is 1.79. The van der Waals surface area contributed by atoms with E-state index >= 15 is 0 Å². The molecule has 0 aliphatic carbocycles. The van der Waals surface area contributed by atoms with Crippen molar-refractivity contribution in [1.82, 2.24) is 5.32 Å². The molecule has 0 aromatic heterocycles. The van der Waals surface area contributed by atoms with Crippen molar-refractivity contribution in [3.63, 3.8) is 0 Å². The van der Waals surface area contributed by atoms with Crippen LogP contribution < -0.4 is 15.0 Å². The van der Waals surface area contributed by atoms with Crippen molar-refractivity contribution >= 4 is 11.6 Å². The van der Waals surface area contributed by atoms with Gasteiger partial charge in [-0.05, 0) is 19.1 Å². The monoisotopic (exact) mass is 220 g/mol. The van der Waals surface area contributed by atoms with E-state index in [0.29, 0.717) is 19.7 Å². The summed E-state index contributed by atoms with van der Waals surface area (Å²) in [6.45, 7) is 4.56. The summed E-state index contributed by atoms with van der Waals surface area (Å²) in [7, 11) is 0. The van der Waals surface area contributed by atoms with Gasteiger partial charge in [0, 0.05) is 24.8 Å². The SMILES string of the molecule is CCOc1cccc(N2CCNCC2=O)c1. The average Bonchev–Trinajstić information content (AvgIpc) is 2.30. The van der Waals surface area contributed by atoms with Gasteiger partial charge in [-0.15, -0.1) is 0 Å². The molecule has 0 spiro atoms. The largest absolute Gasteiger partial charge is 0.494 e. The molecule has 0 radical (unpaired) electrons. The van der Waals surface area contributed by atoms with Crippen LogP contribution in [0.15, 0.2) is 24.3 Å². The van der Waals surface area contributed by atoms with Gasteiger partial charge in [-0.2, -0.15) is 0 Å². The molecule has 86 valence electrons. The molecule has 1 amide bonds. The quantitative estimate of drug-likeness (QED) is 0.827. The predicted molar refractivity (Wildman–Crippen MR) is 62.8 cm³/mol. The van der Waals surface area contributed by atoms with Gasteiger partial charge in [0.05, 0.1) is 13.2 Å². The summed E-state index contributed by atoms with van der Waals surface area (Å²) in [5, 5.41) is 3.05. The van der Waals surface area contributed by atoms with Gasteiger partial charge in [0.25, 0.3) is 0 Å². The molecular formula is C12H16N2O2. The zero-order chi connectivity index (χ0) is 11.4. The Morgan fingerprint density at radius 1 is 1.50 bits per heavy atom. The zero-order valence-electron chi connectivity index (χ0n) is 9.40. The van der Waals surface area contributed by atoms with E-state index in [1.54, 1.807) is 4.90 Å². The Morgan fingerprint density at radius 3 is 3.12 bits per heavy atom. The minimum absolute atomic E-state index is 0.111. The molecule has 1 aromatic rings. The third kappa shape index (κ3) is 2.33. The first kappa shape index (κ1) is 11.0. The van der Waals surface area contributed by atoms with Gasteiger partial charge in [0.2, 0.25) is 5.91 Å². The number of hydrogen-bond donors (Lipinski definition) is 1. The molecule has 2 rings (SSSR count). The Labute approximate surface area is 95.2 Å². The van der Waals surface area contributed by atoms with E-state index in [0.717, 1.165) is 18.0 Å². The lowest BCUT2D eigenvalue weighted by molar-refractivity contribution is -0.118. The molecule has 0 saturated carbocycles. The van der Waals surface area contributed by atoms with Crippen molar-refractivity contribution in [3.05, 3.63) is 24.3 Å². The Morgan fingerprint density at radius 2 is 2.38 bits per heavy atom. The molecule has 4 heteroatoms. The van der Waals surface area contributed by atoms with Gasteiger partial charge in [-0.3, -0.25) is 4.79 Å². The van der Waals surface area contributed by atoms with Crippen LogP contribution in [-0.2, 0) is 4.79 Å². The Hall–Kier alpha value is -1.55. The second-order valence-corrected chi connectivity index (χ2v) is 3.65. The molecule has 1 fully saturated rings. The van der Waals surface area contributed by atoms with E-state index in [1.165, 1.54) is 0 Å². The first-order valence-corrected chi connectivity index (χ1v) is 5.55. The summed E-state index contributed by atoms with van der Waals surface area (Å²) in [5.41, 5.74) is 0.914. The minimum atomic E-state index is 0.111. The van der Waals surface area contributed by atoms with Gasteiger partial charge >= 0.3 is 0 Å². The molecular weight excluding hydrogens is 204 g/mol. The van der Waals surface area contributed by atoms with Crippen molar-refractivity contribution in [2.24, 2.45) is 0 Å². The first-order valence-electron chi connectivity index (χ1n) is 5.55. The standard InChI is InChI=1S/C12H16N2O2/c1-2-16-11-5-3-4-10(8-11)14-7-6-13-9-12(14)15/h3-5,8,13H,2,6-7,9H2,1H3. The molecule has 1 aliphatic heterocycles. The topological polar surface area (TPSA) is 41.6 Å². The van der Waals surface area contributed by atoms with E-state index < -0.39 is 0 Å². The van der Waals surface area contributed by atoms with Crippen molar-refractivity contribution in [2.75, 3.05) is 31.1 Å². The summed E-state index contributed by atoms with van der Waals surface area (Å²) in [6, 6.07) is 7.66. The van der Waals surface area contributed by atoms with E-state index in [1.807, 2.05) is 31.2 Å². The number of anilines is 1. The number of rotatable bonds is 3. The number of carbonyl (C=O) groups is 1. The molecule has 0 unspecified atom stereocenters. The van der Waals surface area contributed by atoms with E-state index in [-0.39, 0.29) is 5.91 Å². The van der Waals surface area contributed by atoms with Gasteiger partial charge < -0.3 is 15.0 Å². The predicted octanol–water partition coefficient (Wildman–Crippen LogP) is 1.02. The maximum atomic E-state index is 11.7. The van der Waals surface area contributed by atoms with Crippen LogP contribution in [-0.4, -0.2) is 32.1 Å². The summed E-state index contributed by atoms with van der Waals surface area (Å²) in [6.07, 6.45) is 0. The number of carbonyl (C=O) groups excluding carboxylic acids is 1. The number of nitrogens with one attached hydrogen (secondary N) is 1. The summed E-state index contributed by atoms with van der Waals surface area (Å²) in [4.78, 5) is 13.5. The highest BCUT2D eigenvalue weighted by Gasteiger charge is 2.19. The molecule has 1 heterocycles. The fourth-order valence-corrected chi connectivity index (χ4v) is 1.79. The first-order chi connectivity index (χ1) is 7.81. The van der Waals surface area contributed by atoms with Crippen LogP contribution in [0, 0.1) is 0 Å². The Balaban J connectivity index is 2.18. The lowest BCUT2D eigenvalue weighted by Crippen LogP contribution is -2.48. The second kappa shape index (κ2) is 4.99. The van der Waals surface area contributed by atoms with E-state index in [4.69, 9.17) is 4.74 Å². The lowest BCUT2D eigenvalue weighted by atomic mass is 10.2. The van der Waals surface area contributed by atoms with Crippen molar-refractivity contribution in [1.29, 1.82) is 0 Å². The van der Waals surface area contributed by atoms with Crippen LogP contribution in [0.25, 0.3) is 0 Å². The highest BCUT2D eigenvalue weighted by Crippen LogP contribution is 2.21. The summed E-state index contributed by atoms with van der Waals surface area (Å²) in [5.74, 6) is 0.922. The second-order valence-electron chi connectivity index (χ2n) is 3.65. The van der Waals surface area contributed by atoms with Crippen molar-refractivity contribution in [2.45, 2.75) is 6.92 Å². The molecule has 1 aliphatic rings. The van der Waals surface area contributed by atoms with Gasteiger partial charge in [-0.25, -0.2) is 0 Å². The molecule has 1 N–H and O–H groups in total. The molecule has 1 saturated heterocycles. The number of nitrogens with zero attached hydrogens (tertiary/aromatic N) is 1. The third-order valence-corrected chi connectivity index (χ3v) is 2.53. The van der Waals surface area contributed by atoms with E-state index in [2.05, 4.69) is 5.32 Å². The van der Waals surface area contributed by atoms with E-state index in [9.17, 15) is 4.79 Å². The van der Waals surface area contributed by atoms with Crippen LogP contribution in [0.5, 0.6) is 5.75 Å². The van der Waals surface area contributed by atoms with Gasteiger partial charge in [-0.1, -0.05) is 6.07 Å². The highest BCUT2D eigenvalue weighted by atomic mass is 16.5. The van der Waals surface area contributed by atoms with Gasteiger partial charge in [0.1, 0.15) is 5.75 Å². The molecule has 0 bridgehead atoms. The maximum Gasteiger partial charge on any atom is 0.240 e. The number of piperazine rings is 1. The number of benzene rings is 1. The summed E-state index contributed by atoms with van der Waals surface area (Å²) >= 11 is 0. The smallest absolute Gasteiger partial charge is 0.240 e. The Bertz CT molecular complexity index is 379. The summed E-state index contributed by atoms with van der Waals surface area (Å²) < 4.78 is 5.42. The number of amides is 1. The molecule has 1 aromatic carbocycles.